The van der Waals surface area contributed by atoms with E-state index in [1.165, 1.54) is 47.5 Å². The fourth-order valence-corrected chi connectivity index (χ4v) is 6.95. The van der Waals surface area contributed by atoms with E-state index >= 15 is 0 Å². The van der Waals surface area contributed by atoms with E-state index in [2.05, 4.69) is 31.1 Å². The first-order valence-corrected chi connectivity index (χ1v) is 20.5. The molecule has 1 fully saturated rings. The molecule has 0 saturated carbocycles. The van der Waals surface area contributed by atoms with Crippen molar-refractivity contribution in [2.24, 2.45) is 0 Å². The fourth-order valence-electron chi connectivity index (χ4n) is 6.95. The van der Waals surface area contributed by atoms with Crippen LogP contribution in [0.4, 0.5) is 28.0 Å². The Morgan fingerprint density at radius 1 is 0.828 bits per heavy atom. The number of pyridine rings is 1. The van der Waals surface area contributed by atoms with Gasteiger partial charge in [0.25, 0.3) is 17.4 Å². The highest BCUT2D eigenvalue weighted by molar-refractivity contribution is 6.02. The Morgan fingerprint density at radius 3 is 2.28 bits per heavy atom. The zero-order valence-corrected chi connectivity index (χ0v) is 35.4. The van der Waals surface area contributed by atoms with Gasteiger partial charge in [-0.25, -0.2) is 19.3 Å². The van der Waals surface area contributed by atoms with E-state index in [4.69, 9.17) is 9.47 Å². The summed E-state index contributed by atoms with van der Waals surface area (Å²) in [4.78, 5) is 71.7. The summed E-state index contributed by atoms with van der Waals surface area (Å²) in [5, 5.41) is 16.0. The summed E-state index contributed by atoms with van der Waals surface area (Å²) >= 11 is 0. The van der Waals surface area contributed by atoms with Crippen molar-refractivity contribution in [1.82, 2.24) is 35.6 Å². The Morgan fingerprint density at radius 2 is 1.55 bits per heavy atom. The Kier molecular flexibility index (Phi) is 15.1. The van der Waals surface area contributed by atoms with Crippen LogP contribution in [0.5, 0.6) is 0 Å². The lowest BCUT2D eigenvalue weighted by atomic mass is 10.0. The standard InChI is InChI=1S/C45H48F4N8O7/c1-44(2,3)64-43(62)53-37-24-31(30-8-6-7-29(21-30)25-45(47,48)49)26-52-39(37)41(60)51-14-20-63-19-13-50-27-38(58)56-15-17-57(18-16-56)42(61)34-22-28(11-12-35(34)46)23-36-32-9-4-5-10-33(32)40(59)55-54-36/h4-12,21-22,24,26,50H,13-20,23,25,27H2,1-3H3,(H,51,60)(H,53,62)(H,55,59). The Hall–Kier alpha value is -6.73. The Bertz CT molecular complexity index is 2550. The van der Waals surface area contributed by atoms with Crippen LogP contribution < -0.4 is 21.5 Å². The van der Waals surface area contributed by atoms with E-state index in [0.717, 1.165) is 0 Å². The lowest BCUT2D eigenvalue weighted by Crippen LogP contribution is -2.52. The molecule has 0 aliphatic carbocycles. The highest BCUT2D eigenvalue weighted by Gasteiger charge is 2.29. The zero-order valence-electron chi connectivity index (χ0n) is 35.4. The van der Waals surface area contributed by atoms with Crippen LogP contribution in [0.15, 0.2) is 83.8 Å². The third-order valence-electron chi connectivity index (χ3n) is 9.96. The molecule has 0 spiro atoms. The molecule has 1 aliphatic heterocycles. The second-order valence-electron chi connectivity index (χ2n) is 16.0. The van der Waals surface area contributed by atoms with Gasteiger partial charge in [0.2, 0.25) is 5.91 Å². The van der Waals surface area contributed by atoms with Gasteiger partial charge in [0.05, 0.1) is 48.5 Å². The van der Waals surface area contributed by atoms with Crippen molar-refractivity contribution >= 4 is 40.3 Å². The summed E-state index contributed by atoms with van der Waals surface area (Å²) in [5.41, 5.74) is 0.589. The molecule has 15 nitrogen and oxygen atoms in total. The van der Waals surface area contributed by atoms with Gasteiger partial charge in [-0.1, -0.05) is 48.5 Å². The SMILES string of the molecule is CC(C)(C)OC(=O)Nc1cc(-c2cccc(CC(F)(F)F)c2)cnc1C(=O)NCCOCCNCC(=O)N1CCN(C(=O)c2cc(Cc3n[nH]c(=O)c4ccccc34)ccc2F)CC1. The molecule has 3 aromatic carbocycles. The van der Waals surface area contributed by atoms with Crippen LogP contribution in [0.1, 0.15) is 58.4 Å². The highest BCUT2D eigenvalue weighted by Crippen LogP contribution is 2.28. The number of aromatic nitrogens is 3. The minimum absolute atomic E-state index is 0.0138. The van der Waals surface area contributed by atoms with E-state index in [9.17, 15) is 41.5 Å². The van der Waals surface area contributed by atoms with Crippen LogP contribution in [-0.4, -0.2) is 120 Å². The molecule has 1 saturated heterocycles. The molecular weight excluding hydrogens is 841 g/mol. The fraction of sp³-hybridized carbons (Fsp3) is 0.356. The van der Waals surface area contributed by atoms with Crippen molar-refractivity contribution in [3.8, 4) is 11.1 Å². The number of rotatable bonds is 15. The number of benzene rings is 3. The normalized spacial score (nSPS) is 13.2. The maximum atomic E-state index is 14.9. The van der Waals surface area contributed by atoms with Crippen LogP contribution in [0.25, 0.3) is 21.9 Å². The number of carbonyl (C=O) groups is 4. The Labute approximate surface area is 365 Å². The second-order valence-corrected chi connectivity index (χ2v) is 16.0. The molecular formula is C45H48F4N8O7. The lowest BCUT2D eigenvalue weighted by molar-refractivity contribution is -0.131. The maximum Gasteiger partial charge on any atom is 0.412 e. The molecule has 0 radical (unpaired) electrons. The molecule has 64 heavy (non-hydrogen) atoms. The van der Waals surface area contributed by atoms with E-state index in [1.54, 1.807) is 62.1 Å². The van der Waals surface area contributed by atoms with Crippen LogP contribution in [0.2, 0.25) is 0 Å². The predicted molar refractivity (Wildman–Crippen MR) is 229 cm³/mol. The number of piperazine rings is 1. The molecule has 0 unspecified atom stereocenters. The van der Waals surface area contributed by atoms with Crippen molar-refractivity contribution in [2.45, 2.75) is 45.4 Å². The molecule has 6 rings (SSSR count). The first kappa shape index (κ1) is 46.8. The number of nitrogens with zero attached hydrogens (tertiary/aromatic N) is 4. The summed E-state index contributed by atoms with van der Waals surface area (Å²) in [6.45, 7) is 6.63. The van der Waals surface area contributed by atoms with Crippen molar-refractivity contribution in [1.29, 1.82) is 0 Å². The number of nitrogens with one attached hydrogen (secondary N) is 4. The van der Waals surface area contributed by atoms with E-state index < -0.39 is 41.9 Å². The number of ether oxygens (including phenoxy) is 2. The van der Waals surface area contributed by atoms with Gasteiger partial charge in [0.1, 0.15) is 11.4 Å². The average molecular weight is 889 g/mol. The van der Waals surface area contributed by atoms with Crippen molar-refractivity contribution in [3.63, 3.8) is 0 Å². The third kappa shape index (κ3) is 12.9. The van der Waals surface area contributed by atoms with Crippen LogP contribution in [-0.2, 0) is 27.1 Å². The lowest BCUT2D eigenvalue weighted by Gasteiger charge is -2.35. The number of hydrogen-bond donors (Lipinski definition) is 4. The quantitative estimate of drug-likeness (QED) is 0.0774. The van der Waals surface area contributed by atoms with Crippen LogP contribution in [0.3, 0.4) is 0 Å². The monoisotopic (exact) mass is 888 g/mol. The van der Waals surface area contributed by atoms with E-state index in [1.807, 2.05) is 0 Å². The molecule has 2 aromatic heterocycles. The largest absolute Gasteiger partial charge is 0.444 e. The number of carbonyl (C=O) groups excluding carboxylic acids is 4. The molecule has 1 aliphatic rings. The molecule has 19 heteroatoms. The second kappa shape index (κ2) is 20.6. The first-order chi connectivity index (χ1) is 30.4. The van der Waals surface area contributed by atoms with Gasteiger partial charge in [-0.2, -0.15) is 18.3 Å². The maximum absolute atomic E-state index is 14.9. The van der Waals surface area contributed by atoms with Gasteiger partial charge in [0, 0.05) is 62.8 Å². The number of fused-ring (bicyclic) bond motifs is 1. The van der Waals surface area contributed by atoms with Crippen molar-refractivity contribution < 1.29 is 46.2 Å². The molecule has 0 bridgehead atoms. The summed E-state index contributed by atoms with van der Waals surface area (Å²) in [5.74, 6) is -1.99. The summed E-state index contributed by atoms with van der Waals surface area (Å²) in [6, 6.07) is 18.5. The van der Waals surface area contributed by atoms with Crippen molar-refractivity contribution in [3.05, 3.63) is 123 Å². The number of halogens is 4. The van der Waals surface area contributed by atoms with Gasteiger partial charge >= 0.3 is 12.3 Å². The third-order valence-corrected chi connectivity index (χ3v) is 9.96. The number of alkyl halides is 3. The molecule has 338 valence electrons. The van der Waals surface area contributed by atoms with Crippen LogP contribution in [0, 0.1) is 5.82 Å². The van der Waals surface area contributed by atoms with Crippen LogP contribution >= 0.6 is 0 Å². The number of H-pyrrole nitrogens is 1. The highest BCUT2D eigenvalue weighted by atomic mass is 19.4. The van der Waals surface area contributed by atoms with Gasteiger partial charge in [0.15, 0.2) is 5.69 Å². The average Bonchev–Trinajstić information content (AvgIpc) is 3.24. The smallest absolute Gasteiger partial charge is 0.412 e. The molecule has 3 heterocycles. The molecule has 0 atom stereocenters. The van der Waals surface area contributed by atoms with Gasteiger partial charge in [-0.3, -0.25) is 24.5 Å². The van der Waals surface area contributed by atoms with Gasteiger partial charge in [-0.15, -0.1) is 0 Å². The van der Waals surface area contributed by atoms with E-state index in [-0.39, 0.29) is 92.9 Å². The van der Waals surface area contributed by atoms with E-state index in [0.29, 0.717) is 39.7 Å². The zero-order chi connectivity index (χ0) is 46.0. The summed E-state index contributed by atoms with van der Waals surface area (Å²) < 4.78 is 65.0. The number of anilines is 1. The molecule has 4 N–H and O–H groups in total. The molecule has 4 amide bonds. The number of hydrogen-bond acceptors (Lipinski definition) is 10. The molecule has 5 aromatic rings. The number of amides is 4. The van der Waals surface area contributed by atoms with Gasteiger partial charge in [-0.05, 0) is 61.7 Å². The van der Waals surface area contributed by atoms with Gasteiger partial charge < -0.3 is 29.9 Å². The Balaban J connectivity index is 0.924. The van der Waals surface area contributed by atoms with Crippen molar-refractivity contribution in [2.75, 3.05) is 64.3 Å². The minimum atomic E-state index is -4.41. The number of aromatic amines is 1. The topological polar surface area (TPSA) is 188 Å². The minimum Gasteiger partial charge on any atom is -0.444 e. The predicted octanol–water partition coefficient (Wildman–Crippen LogP) is 5.49. The summed E-state index contributed by atoms with van der Waals surface area (Å²) in [7, 11) is 0. The summed E-state index contributed by atoms with van der Waals surface area (Å²) in [6.07, 6.45) is -4.80. The first-order valence-electron chi connectivity index (χ1n) is 20.5.